The van der Waals surface area contributed by atoms with E-state index in [1.165, 1.54) is 29.1 Å². The van der Waals surface area contributed by atoms with Crippen molar-refractivity contribution >= 4 is 23.5 Å². The molecule has 1 fully saturated rings. The number of carbonyl (C=O) groups is 1. The predicted octanol–water partition coefficient (Wildman–Crippen LogP) is 3.54. The van der Waals surface area contributed by atoms with E-state index in [1.807, 2.05) is 39.5 Å². The molecular formula is C28H32FN7O3. The summed E-state index contributed by atoms with van der Waals surface area (Å²) in [5, 5.41) is 15.6. The number of hydrogen-bond acceptors (Lipinski definition) is 9. The van der Waals surface area contributed by atoms with Gasteiger partial charge < -0.3 is 10.2 Å². The first-order valence-electron chi connectivity index (χ1n) is 13.1. The van der Waals surface area contributed by atoms with Crippen molar-refractivity contribution in [3.63, 3.8) is 0 Å². The van der Waals surface area contributed by atoms with Gasteiger partial charge >= 0.3 is 5.69 Å². The fraction of sp³-hybridized carbons (Fsp3) is 0.393. The van der Waals surface area contributed by atoms with Crippen LogP contribution in [0.1, 0.15) is 63.4 Å². The van der Waals surface area contributed by atoms with E-state index < -0.39 is 17.3 Å². The maximum atomic E-state index is 15.8. The van der Waals surface area contributed by atoms with Crippen molar-refractivity contribution < 1.29 is 14.4 Å². The lowest BCUT2D eigenvalue weighted by Crippen LogP contribution is -2.51. The van der Waals surface area contributed by atoms with Gasteiger partial charge in [0.05, 0.1) is 28.2 Å². The molecule has 3 aliphatic rings. The van der Waals surface area contributed by atoms with Crippen molar-refractivity contribution in [3.05, 3.63) is 75.2 Å². The van der Waals surface area contributed by atoms with Gasteiger partial charge in [-0.2, -0.15) is 4.98 Å². The monoisotopic (exact) mass is 533 g/mol. The second-order valence-corrected chi connectivity index (χ2v) is 10.5. The second kappa shape index (κ2) is 10.3. The van der Waals surface area contributed by atoms with Crippen molar-refractivity contribution in [2.45, 2.75) is 52.5 Å². The Hall–Kier alpha value is -3.96. The van der Waals surface area contributed by atoms with Gasteiger partial charge in [-0.15, -0.1) is 0 Å². The molecule has 204 valence electrons. The normalized spacial score (nSPS) is 21.2. The maximum absolute atomic E-state index is 15.8. The number of anilines is 2. The van der Waals surface area contributed by atoms with E-state index in [9.17, 15) is 14.8 Å². The summed E-state index contributed by atoms with van der Waals surface area (Å²) >= 11 is 0. The quantitative estimate of drug-likeness (QED) is 0.569. The van der Waals surface area contributed by atoms with E-state index in [0.717, 1.165) is 0 Å². The zero-order valence-corrected chi connectivity index (χ0v) is 22.6. The van der Waals surface area contributed by atoms with Crippen LogP contribution < -0.4 is 21.0 Å². The van der Waals surface area contributed by atoms with Crippen molar-refractivity contribution in [2.75, 3.05) is 29.6 Å². The molecule has 0 unspecified atom stereocenters. The highest BCUT2D eigenvalue weighted by molar-refractivity contribution is 6.09. The van der Waals surface area contributed by atoms with E-state index in [-0.39, 0.29) is 46.3 Å². The maximum Gasteiger partial charge on any atom is 0.355 e. The molecule has 1 atom stereocenters. The molecule has 0 aromatic carbocycles. The van der Waals surface area contributed by atoms with Gasteiger partial charge in [0.2, 0.25) is 0 Å². The Bertz CT molecular complexity index is 1490. The molecule has 5 rings (SSSR count). The van der Waals surface area contributed by atoms with Gasteiger partial charge in [-0.05, 0) is 37.0 Å². The van der Waals surface area contributed by atoms with Gasteiger partial charge in [0.25, 0.3) is 0 Å². The molecule has 2 N–H and O–H groups in total. The van der Waals surface area contributed by atoms with E-state index in [4.69, 9.17) is 0 Å². The Morgan fingerprint density at radius 2 is 1.74 bits per heavy atom. The lowest BCUT2D eigenvalue weighted by atomic mass is 9.99. The number of hydrogen-bond donors (Lipinski definition) is 2. The van der Waals surface area contributed by atoms with Crippen molar-refractivity contribution in [2.24, 2.45) is 0 Å². The molecule has 0 bridgehead atoms. The van der Waals surface area contributed by atoms with Crippen LogP contribution in [0.3, 0.4) is 0 Å². The van der Waals surface area contributed by atoms with Gasteiger partial charge in [0.1, 0.15) is 17.8 Å². The van der Waals surface area contributed by atoms with E-state index in [1.54, 1.807) is 12.2 Å². The summed E-state index contributed by atoms with van der Waals surface area (Å²) in [6, 6.07) is -0.0422. The van der Waals surface area contributed by atoms with E-state index >= 15 is 4.39 Å². The van der Waals surface area contributed by atoms with Gasteiger partial charge in [-0.3, -0.25) is 10.0 Å². The summed E-state index contributed by atoms with van der Waals surface area (Å²) in [5.41, 5.74) is 0.724. The van der Waals surface area contributed by atoms with Crippen LogP contribution >= 0.6 is 0 Å². The molecule has 10 nitrogen and oxygen atoms in total. The number of aromatic nitrogens is 4. The molecule has 2 aromatic rings. The van der Waals surface area contributed by atoms with Crippen LogP contribution in [0.25, 0.3) is 11.8 Å². The molecule has 39 heavy (non-hydrogen) atoms. The molecule has 0 amide bonds. The average Bonchev–Trinajstić information content (AvgIpc) is 2.89. The summed E-state index contributed by atoms with van der Waals surface area (Å²) in [6.45, 7) is 11.6. The first-order valence-corrected chi connectivity index (χ1v) is 13.1. The Morgan fingerprint density at radius 1 is 1.08 bits per heavy atom. The average molecular weight is 534 g/mol. The van der Waals surface area contributed by atoms with Crippen LogP contribution in [0.4, 0.5) is 16.0 Å². The Kier molecular flexibility index (Phi) is 7.04. The van der Waals surface area contributed by atoms with Crippen molar-refractivity contribution in [1.29, 1.82) is 0 Å². The number of nitrogens with zero attached hydrogens (tertiary/aromatic N) is 6. The molecule has 1 saturated heterocycles. The van der Waals surface area contributed by atoms with Gasteiger partial charge in [0.15, 0.2) is 17.4 Å². The highest BCUT2D eigenvalue weighted by Gasteiger charge is 2.37. The minimum atomic E-state index is -0.818. The van der Waals surface area contributed by atoms with Crippen molar-refractivity contribution in [3.8, 4) is 5.69 Å². The van der Waals surface area contributed by atoms with Gasteiger partial charge in [-0.1, -0.05) is 39.8 Å². The third-order valence-corrected chi connectivity index (χ3v) is 7.11. The molecule has 1 aliphatic carbocycles. The zero-order chi connectivity index (χ0) is 28.0. The van der Waals surface area contributed by atoms with Crippen LogP contribution in [-0.4, -0.2) is 56.2 Å². The molecule has 2 aliphatic heterocycles. The van der Waals surface area contributed by atoms with Crippen LogP contribution in [0, 0.1) is 0 Å². The third-order valence-electron chi connectivity index (χ3n) is 7.11. The number of hydroxylamine groups is 1. The molecule has 2 aromatic heterocycles. The summed E-state index contributed by atoms with van der Waals surface area (Å²) in [6.07, 6.45) is 8.56. The number of piperazine rings is 1. The lowest BCUT2D eigenvalue weighted by Gasteiger charge is -2.38. The number of carbonyl (C=O) groups excluding carboxylic acids is 1. The largest absolute Gasteiger partial charge is 0.355 e. The SMILES string of the molecule is CC(C)c1ncnc(C(C)C)c1-n1c2c(c(N3CCNC[C@@H]3C)nc1=O)C=C(F)C(=C1C=CC=CC1=O)N2O. The minimum Gasteiger partial charge on any atom is -0.351 e. The van der Waals surface area contributed by atoms with Gasteiger partial charge in [0, 0.05) is 25.7 Å². The number of fused-ring (bicyclic) bond motifs is 1. The lowest BCUT2D eigenvalue weighted by molar-refractivity contribution is -0.111. The Labute approximate surface area is 225 Å². The number of ketones is 1. The number of halogens is 1. The standard InChI is InChI=1S/C28H32FN7O3/c1-15(2)22-25(23(16(3)4)32-14-31-22)35-27-19(26(33-28(35)38)34-11-10-30-13-17(34)5)12-20(29)24(36(27)39)18-8-6-7-9-21(18)37/h6-9,12,14-17,30,39H,10-11,13H2,1-5H3/t17-/m0/s1. The number of allylic oxidation sites excluding steroid dienone is 6. The summed E-state index contributed by atoms with van der Waals surface area (Å²) in [7, 11) is 0. The number of rotatable bonds is 4. The molecular weight excluding hydrogens is 501 g/mol. The third kappa shape index (κ3) is 4.51. The predicted molar refractivity (Wildman–Crippen MR) is 147 cm³/mol. The van der Waals surface area contributed by atoms with Crippen LogP contribution in [0.15, 0.2) is 52.5 Å². The summed E-state index contributed by atoms with van der Waals surface area (Å²) in [5.74, 6) is -1.26. The van der Waals surface area contributed by atoms with Crippen LogP contribution in [-0.2, 0) is 4.79 Å². The molecule has 0 spiro atoms. The number of nitrogens with one attached hydrogen (secondary N) is 1. The second-order valence-electron chi connectivity index (χ2n) is 10.5. The summed E-state index contributed by atoms with van der Waals surface area (Å²) in [4.78, 5) is 42.0. The van der Waals surface area contributed by atoms with Crippen LogP contribution in [0.5, 0.6) is 0 Å². The summed E-state index contributed by atoms with van der Waals surface area (Å²) < 4.78 is 17.1. The van der Waals surface area contributed by atoms with Crippen molar-refractivity contribution in [1.82, 2.24) is 24.8 Å². The van der Waals surface area contributed by atoms with E-state index in [0.29, 0.717) is 41.8 Å². The molecule has 11 heteroatoms. The first kappa shape index (κ1) is 26.6. The van der Waals surface area contributed by atoms with E-state index in [2.05, 4.69) is 20.3 Å². The fourth-order valence-corrected chi connectivity index (χ4v) is 5.21. The Balaban J connectivity index is 1.90. The molecule has 0 radical (unpaired) electrons. The minimum absolute atomic E-state index is 0.0195. The highest BCUT2D eigenvalue weighted by atomic mass is 19.1. The van der Waals surface area contributed by atoms with Gasteiger partial charge in [-0.25, -0.2) is 28.8 Å². The van der Waals surface area contributed by atoms with Crippen LogP contribution in [0.2, 0.25) is 0 Å². The first-order chi connectivity index (χ1) is 18.6. The molecule has 4 heterocycles. The fourth-order valence-electron chi connectivity index (χ4n) is 5.21. The Morgan fingerprint density at radius 3 is 2.36 bits per heavy atom. The topological polar surface area (TPSA) is 116 Å². The smallest absolute Gasteiger partial charge is 0.351 e. The highest BCUT2D eigenvalue weighted by Crippen LogP contribution is 2.42. The zero-order valence-electron chi connectivity index (χ0n) is 22.6. The molecule has 0 saturated carbocycles.